The minimum atomic E-state index is -1.01. The fourth-order valence-electron chi connectivity index (χ4n) is 1.81. The van der Waals surface area contributed by atoms with Gasteiger partial charge in [0.2, 0.25) is 0 Å². The van der Waals surface area contributed by atoms with Crippen molar-refractivity contribution in [2.45, 2.75) is 33.2 Å². The van der Waals surface area contributed by atoms with Gasteiger partial charge in [0.1, 0.15) is 6.04 Å². The number of rotatable bonds is 4. The molecular formula is C12H22N2O3S. The second kappa shape index (κ2) is 6.31. The van der Waals surface area contributed by atoms with Crippen molar-refractivity contribution in [3.05, 3.63) is 0 Å². The van der Waals surface area contributed by atoms with E-state index in [4.69, 9.17) is 5.11 Å². The number of hydrogen-bond donors (Lipinski definition) is 3. The lowest BCUT2D eigenvalue weighted by atomic mass is 9.87. The molecule has 3 N–H and O–H groups in total. The Kier molecular flexibility index (Phi) is 5.31. The van der Waals surface area contributed by atoms with E-state index >= 15 is 0 Å². The molecule has 6 heteroatoms. The summed E-state index contributed by atoms with van der Waals surface area (Å²) in [4.78, 5) is 22.8. The van der Waals surface area contributed by atoms with Crippen molar-refractivity contribution in [2.24, 2.45) is 11.3 Å². The van der Waals surface area contributed by atoms with Crippen LogP contribution in [-0.4, -0.2) is 41.2 Å². The molecule has 1 saturated heterocycles. The van der Waals surface area contributed by atoms with Crippen molar-refractivity contribution in [1.29, 1.82) is 0 Å². The van der Waals surface area contributed by atoms with Crippen LogP contribution >= 0.6 is 11.8 Å². The lowest BCUT2D eigenvalue weighted by Crippen LogP contribution is -2.52. The van der Waals surface area contributed by atoms with Gasteiger partial charge in [0.15, 0.2) is 0 Å². The van der Waals surface area contributed by atoms with Crippen molar-refractivity contribution in [2.75, 3.05) is 18.1 Å². The van der Waals surface area contributed by atoms with Gasteiger partial charge in [-0.1, -0.05) is 20.8 Å². The first kappa shape index (κ1) is 15.1. The summed E-state index contributed by atoms with van der Waals surface area (Å²) in [6, 6.07) is -1.27. The molecule has 1 aliphatic heterocycles. The van der Waals surface area contributed by atoms with Crippen molar-refractivity contribution < 1.29 is 14.7 Å². The summed E-state index contributed by atoms with van der Waals surface area (Å²) in [6.45, 7) is 5.99. The van der Waals surface area contributed by atoms with E-state index in [-0.39, 0.29) is 0 Å². The monoisotopic (exact) mass is 274 g/mol. The number of carboxylic acids is 1. The number of amides is 2. The number of thioether (sulfide) groups is 1. The van der Waals surface area contributed by atoms with Gasteiger partial charge >= 0.3 is 12.0 Å². The van der Waals surface area contributed by atoms with Gasteiger partial charge in [-0.25, -0.2) is 9.59 Å². The molecule has 1 fully saturated rings. The number of urea groups is 1. The van der Waals surface area contributed by atoms with E-state index in [1.807, 2.05) is 11.8 Å². The van der Waals surface area contributed by atoms with Crippen LogP contribution < -0.4 is 10.6 Å². The summed E-state index contributed by atoms with van der Waals surface area (Å²) in [5.41, 5.74) is -0.508. The van der Waals surface area contributed by atoms with Crippen molar-refractivity contribution in [3.8, 4) is 0 Å². The van der Waals surface area contributed by atoms with Crippen LogP contribution in [0, 0.1) is 11.3 Å². The standard InChI is InChI=1S/C12H22N2O3S/c1-12(2,3)9(10(15)16)14-11(17)13-6-8-4-5-18-7-8/h8-9H,4-7H2,1-3H3,(H,15,16)(H2,13,14,17). The fourth-order valence-corrected chi connectivity index (χ4v) is 3.10. The second-order valence-corrected chi connectivity index (χ2v) is 6.87. The van der Waals surface area contributed by atoms with Crippen LogP contribution in [0.4, 0.5) is 4.79 Å². The summed E-state index contributed by atoms with van der Waals surface area (Å²) >= 11 is 1.89. The first-order valence-corrected chi connectivity index (χ1v) is 7.31. The van der Waals surface area contributed by atoms with Crippen LogP contribution in [0.3, 0.4) is 0 Å². The molecular weight excluding hydrogens is 252 g/mol. The molecule has 2 unspecified atom stereocenters. The van der Waals surface area contributed by atoms with Crippen LogP contribution in [0.15, 0.2) is 0 Å². The van der Waals surface area contributed by atoms with Gasteiger partial charge in [0, 0.05) is 6.54 Å². The predicted molar refractivity (Wildman–Crippen MR) is 72.8 cm³/mol. The lowest BCUT2D eigenvalue weighted by Gasteiger charge is -2.28. The first-order chi connectivity index (χ1) is 8.30. The molecule has 1 rings (SSSR count). The molecule has 2 amide bonds. The Balaban J connectivity index is 2.39. The van der Waals surface area contributed by atoms with Gasteiger partial charge < -0.3 is 15.7 Å². The Labute approximate surface area is 112 Å². The van der Waals surface area contributed by atoms with E-state index in [9.17, 15) is 9.59 Å². The highest BCUT2D eigenvalue weighted by atomic mass is 32.2. The first-order valence-electron chi connectivity index (χ1n) is 6.15. The Morgan fingerprint density at radius 2 is 2.11 bits per heavy atom. The molecule has 5 nitrogen and oxygen atoms in total. The van der Waals surface area contributed by atoms with Crippen molar-refractivity contribution in [3.63, 3.8) is 0 Å². The normalized spacial score (nSPS) is 21.4. The Bertz CT molecular complexity index is 309. The summed E-state index contributed by atoms with van der Waals surface area (Å²) < 4.78 is 0. The highest BCUT2D eigenvalue weighted by Gasteiger charge is 2.32. The van der Waals surface area contributed by atoms with Crippen molar-refractivity contribution >= 4 is 23.8 Å². The Hall–Kier alpha value is -0.910. The highest BCUT2D eigenvalue weighted by molar-refractivity contribution is 7.99. The topological polar surface area (TPSA) is 78.4 Å². The smallest absolute Gasteiger partial charge is 0.326 e. The van der Waals surface area contributed by atoms with Crippen molar-refractivity contribution in [1.82, 2.24) is 10.6 Å². The van der Waals surface area contributed by atoms with Gasteiger partial charge in [-0.2, -0.15) is 11.8 Å². The zero-order valence-electron chi connectivity index (χ0n) is 11.2. The van der Waals surface area contributed by atoms with Crippen LogP contribution in [0.5, 0.6) is 0 Å². The van der Waals surface area contributed by atoms with E-state index < -0.39 is 23.5 Å². The molecule has 18 heavy (non-hydrogen) atoms. The Morgan fingerprint density at radius 1 is 1.44 bits per heavy atom. The summed E-state index contributed by atoms with van der Waals surface area (Å²) in [5, 5.41) is 14.4. The SMILES string of the molecule is CC(C)(C)C(NC(=O)NCC1CCSC1)C(=O)O. The quantitative estimate of drug-likeness (QED) is 0.726. The number of carbonyl (C=O) groups is 2. The molecule has 1 heterocycles. The predicted octanol–water partition coefficient (Wildman–Crippen LogP) is 1.54. The van der Waals surface area contributed by atoms with Gasteiger partial charge in [-0.3, -0.25) is 0 Å². The van der Waals surface area contributed by atoms with E-state index in [0.29, 0.717) is 12.5 Å². The zero-order chi connectivity index (χ0) is 13.8. The summed E-state index contributed by atoms with van der Waals surface area (Å²) in [7, 11) is 0. The van der Waals surface area contributed by atoms with E-state index in [1.165, 1.54) is 0 Å². The minimum Gasteiger partial charge on any atom is -0.480 e. The maximum absolute atomic E-state index is 11.7. The van der Waals surface area contributed by atoms with Crippen LogP contribution in [0.25, 0.3) is 0 Å². The number of carboxylic acid groups (broad SMARTS) is 1. The van der Waals surface area contributed by atoms with Gasteiger partial charge in [0.25, 0.3) is 0 Å². The van der Waals surface area contributed by atoms with Crippen LogP contribution in [-0.2, 0) is 4.79 Å². The summed E-state index contributed by atoms with van der Waals surface area (Å²) in [6.07, 6.45) is 1.12. The maximum atomic E-state index is 11.7. The number of aliphatic carboxylic acids is 1. The second-order valence-electron chi connectivity index (χ2n) is 5.72. The minimum absolute atomic E-state index is 0.394. The van der Waals surface area contributed by atoms with Gasteiger partial charge in [0.05, 0.1) is 0 Å². The zero-order valence-corrected chi connectivity index (χ0v) is 12.0. The molecule has 0 saturated carbocycles. The van der Waals surface area contributed by atoms with E-state index in [0.717, 1.165) is 17.9 Å². The van der Waals surface area contributed by atoms with E-state index in [2.05, 4.69) is 10.6 Å². The molecule has 0 radical (unpaired) electrons. The highest BCUT2D eigenvalue weighted by Crippen LogP contribution is 2.22. The fraction of sp³-hybridized carbons (Fsp3) is 0.833. The number of carbonyl (C=O) groups excluding carboxylic acids is 1. The van der Waals surface area contributed by atoms with Gasteiger partial charge in [-0.15, -0.1) is 0 Å². The average Bonchev–Trinajstić information content (AvgIpc) is 2.73. The average molecular weight is 274 g/mol. The molecule has 104 valence electrons. The number of hydrogen-bond acceptors (Lipinski definition) is 3. The van der Waals surface area contributed by atoms with Crippen LogP contribution in [0.2, 0.25) is 0 Å². The third-order valence-corrected chi connectivity index (χ3v) is 4.20. The van der Waals surface area contributed by atoms with Gasteiger partial charge in [-0.05, 0) is 29.3 Å². The van der Waals surface area contributed by atoms with Crippen LogP contribution in [0.1, 0.15) is 27.2 Å². The molecule has 0 aliphatic carbocycles. The molecule has 0 spiro atoms. The third kappa shape index (κ3) is 4.76. The lowest BCUT2D eigenvalue weighted by molar-refractivity contribution is -0.141. The maximum Gasteiger partial charge on any atom is 0.326 e. The molecule has 1 aliphatic rings. The molecule has 0 aromatic heterocycles. The molecule has 0 aromatic rings. The number of nitrogens with one attached hydrogen (secondary N) is 2. The molecule has 0 bridgehead atoms. The summed E-state index contributed by atoms with van der Waals surface area (Å²) in [5.74, 6) is 1.73. The van der Waals surface area contributed by atoms with E-state index in [1.54, 1.807) is 20.8 Å². The largest absolute Gasteiger partial charge is 0.480 e. The Morgan fingerprint density at radius 3 is 2.56 bits per heavy atom. The third-order valence-electron chi connectivity index (χ3n) is 2.96. The molecule has 0 aromatic carbocycles. The molecule has 2 atom stereocenters.